The minimum absolute atomic E-state index is 0.584. The van der Waals surface area contributed by atoms with Gasteiger partial charge in [0.15, 0.2) is 0 Å². The summed E-state index contributed by atoms with van der Waals surface area (Å²) in [6, 6.07) is 10.3. The second-order valence-electron chi connectivity index (χ2n) is 6.53. The molecule has 0 amide bonds. The summed E-state index contributed by atoms with van der Waals surface area (Å²) in [6.07, 6.45) is 4.61. The van der Waals surface area contributed by atoms with Crippen LogP contribution in [0.4, 0.5) is 5.69 Å². The Kier molecular flexibility index (Phi) is 4.12. The van der Waals surface area contributed by atoms with Gasteiger partial charge < -0.3 is 15.6 Å². The van der Waals surface area contributed by atoms with Gasteiger partial charge in [-0.1, -0.05) is 6.07 Å². The van der Waals surface area contributed by atoms with Crippen LogP contribution in [0.15, 0.2) is 46.9 Å². The number of nitrogens with one attached hydrogen (secondary N) is 1. The van der Waals surface area contributed by atoms with Gasteiger partial charge in [0.25, 0.3) is 0 Å². The Morgan fingerprint density at radius 2 is 2.12 bits per heavy atom. The molecule has 0 atom stereocenters. The van der Waals surface area contributed by atoms with Gasteiger partial charge in [0.1, 0.15) is 5.84 Å². The monoisotopic (exact) mass is 338 g/mol. The first-order valence-electron chi connectivity index (χ1n) is 8.38. The lowest BCUT2D eigenvalue weighted by atomic mass is 9.89. The number of amidine groups is 1. The van der Waals surface area contributed by atoms with Crippen LogP contribution in [0.25, 0.3) is 10.9 Å². The Morgan fingerprint density at radius 1 is 1.29 bits per heavy atom. The molecular formula is C19H22N4S. The Balaban J connectivity index is 1.67. The summed E-state index contributed by atoms with van der Waals surface area (Å²) in [6.45, 7) is 2.33. The van der Waals surface area contributed by atoms with Crippen LogP contribution in [0.5, 0.6) is 0 Å². The first-order valence-corrected chi connectivity index (χ1v) is 9.26. The van der Waals surface area contributed by atoms with Gasteiger partial charge in [-0.15, -0.1) is 11.3 Å². The predicted molar refractivity (Wildman–Crippen MR) is 102 cm³/mol. The molecule has 4 rings (SSSR count). The maximum absolute atomic E-state index is 6.13. The molecule has 0 bridgehead atoms. The normalized spacial score (nSPS) is 17.6. The number of hydrogen-bond donors (Lipinski definition) is 2. The maximum atomic E-state index is 6.13. The second-order valence-corrected chi connectivity index (χ2v) is 7.47. The van der Waals surface area contributed by atoms with Gasteiger partial charge in [-0.25, -0.2) is 4.99 Å². The number of H-pyrrole nitrogens is 1. The number of piperidine rings is 1. The Morgan fingerprint density at radius 3 is 2.88 bits per heavy atom. The van der Waals surface area contributed by atoms with Gasteiger partial charge >= 0.3 is 0 Å². The molecule has 0 spiro atoms. The summed E-state index contributed by atoms with van der Waals surface area (Å²) in [5, 5.41) is 3.30. The lowest BCUT2D eigenvalue weighted by Gasteiger charge is -2.28. The highest BCUT2D eigenvalue weighted by Gasteiger charge is 2.21. The van der Waals surface area contributed by atoms with Crippen molar-refractivity contribution in [2.75, 3.05) is 20.1 Å². The minimum atomic E-state index is 0.584. The van der Waals surface area contributed by atoms with Crippen molar-refractivity contribution in [3.05, 3.63) is 52.3 Å². The number of nitrogens with two attached hydrogens (primary N) is 1. The fraction of sp³-hybridized carbons (Fsp3) is 0.316. The van der Waals surface area contributed by atoms with E-state index in [-0.39, 0.29) is 0 Å². The van der Waals surface area contributed by atoms with Gasteiger partial charge in [0.2, 0.25) is 0 Å². The number of benzene rings is 1. The molecule has 5 heteroatoms. The van der Waals surface area contributed by atoms with Gasteiger partial charge in [-0.05, 0) is 74.1 Å². The lowest BCUT2D eigenvalue weighted by molar-refractivity contribution is 0.256. The standard InChI is InChI=1S/C19H22N4S/c1-23-8-6-13(7-9-23)16-12-21-17-5-4-14(11-15(16)17)22-19(20)18-3-2-10-24-18/h2-5,10-13,21H,6-9H2,1H3,(H2,20,22). The summed E-state index contributed by atoms with van der Waals surface area (Å²) < 4.78 is 0. The molecule has 1 aromatic carbocycles. The number of aromatic nitrogens is 1. The maximum Gasteiger partial charge on any atom is 0.141 e. The number of hydrogen-bond acceptors (Lipinski definition) is 3. The molecule has 1 saturated heterocycles. The van der Waals surface area contributed by atoms with Crippen LogP contribution < -0.4 is 5.73 Å². The van der Waals surface area contributed by atoms with Crippen molar-refractivity contribution in [3.8, 4) is 0 Å². The third-order valence-electron chi connectivity index (χ3n) is 4.88. The third kappa shape index (κ3) is 2.97. The second kappa shape index (κ2) is 6.42. The van der Waals surface area contributed by atoms with E-state index in [1.54, 1.807) is 11.3 Å². The van der Waals surface area contributed by atoms with Crippen molar-refractivity contribution in [2.24, 2.45) is 10.7 Å². The van der Waals surface area contributed by atoms with E-state index < -0.39 is 0 Å². The van der Waals surface area contributed by atoms with Crippen LogP contribution in [0.3, 0.4) is 0 Å². The Hall–Kier alpha value is -2.11. The number of nitrogens with zero attached hydrogens (tertiary/aromatic N) is 2. The van der Waals surface area contributed by atoms with Gasteiger partial charge in [-0.3, -0.25) is 0 Å². The van der Waals surface area contributed by atoms with Crippen LogP contribution in [-0.2, 0) is 0 Å². The van der Waals surface area contributed by atoms with E-state index in [9.17, 15) is 0 Å². The summed E-state index contributed by atoms with van der Waals surface area (Å²) in [5.74, 6) is 1.21. The van der Waals surface area contributed by atoms with Crippen molar-refractivity contribution >= 4 is 33.8 Å². The summed E-state index contributed by atoms with van der Waals surface area (Å²) in [7, 11) is 2.20. The summed E-state index contributed by atoms with van der Waals surface area (Å²) in [4.78, 5) is 11.4. The highest BCUT2D eigenvalue weighted by atomic mass is 32.1. The molecule has 1 aliphatic rings. The average Bonchev–Trinajstić information content (AvgIpc) is 3.25. The fourth-order valence-corrected chi connectivity index (χ4v) is 4.10. The molecule has 3 aromatic rings. The molecule has 0 unspecified atom stereocenters. The zero-order chi connectivity index (χ0) is 16.5. The van der Waals surface area contributed by atoms with Crippen molar-refractivity contribution in [1.29, 1.82) is 0 Å². The molecule has 4 nitrogen and oxygen atoms in total. The molecule has 3 N–H and O–H groups in total. The zero-order valence-electron chi connectivity index (χ0n) is 13.8. The van der Waals surface area contributed by atoms with E-state index in [4.69, 9.17) is 5.73 Å². The van der Waals surface area contributed by atoms with Crippen LogP contribution in [-0.4, -0.2) is 35.9 Å². The number of rotatable bonds is 3. The number of aromatic amines is 1. The highest BCUT2D eigenvalue weighted by Crippen LogP contribution is 2.34. The smallest absolute Gasteiger partial charge is 0.141 e. The first-order chi connectivity index (χ1) is 11.7. The highest BCUT2D eigenvalue weighted by molar-refractivity contribution is 7.12. The molecule has 1 aliphatic heterocycles. The van der Waals surface area contributed by atoms with Crippen molar-refractivity contribution in [3.63, 3.8) is 0 Å². The van der Waals surface area contributed by atoms with Crippen LogP contribution in [0, 0.1) is 0 Å². The van der Waals surface area contributed by atoms with Gasteiger partial charge in [-0.2, -0.15) is 0 Å². The van der Waals surface area contributed by atoms with Crippen molar-refractivity contribution < 1.29 is 0 Å². The molecule has 0 radical (unpaired) electrons. The van der Waals surface area contributed by atoms with Crippen LogP contribution in [0.1, 0.15) is 29.2 Å². The fourth-order valence-electron chi connectivity index (χ4n) is 3.48. The molecule has 24 heavy (non-hydrogen) atoms. The van der Waals surface area contributed by atoms with E-state index >= 15 is 0 Å². The molecule has 0 saturated carbocycles. The SMILES string of the molecule is CN1CCC(c2c[nH]c3ccc(N=C(N)c4cccs4)cc23)CC1. The molecule has 3 heterocycles. The van der Waals surface area contributed by atoms with Gasteiger partial charge in [0.05, 0.1) is 10.6 Å². The van der Waals surface area contributed by atoms with E-state index in [0.29, 0.717) is 11.8 Å². The van der Waals surface area contributed by atoms with E-state index in [1.165, 1.54) is 42.4 Å². The van der Waals surface area contributed by atoms with E-state index in [1.807, 2.05) is 23.6 Å². The van der Waals surface area contributed by atoms with Crippen molar-refractivity contribution in [1.82, 2.24) is 9.88 Å². The first kappa shape index (κ1) is 15.4. The Labute approximate surface area is 146 Å². The van der Waals surface area contributed by atoms with Crippen molar-refractivity contribution in [2.45, 2.75) is 18.8 Å². The number of thiophene rings is 1. The Bertz CT molecular complexity index is 855. The third-order valence-corrected chi connectivity index (χ3v) is 5.77. The zero-order valence-corrected chi connectivity index (χ0v) is 14.6. The average molecular weight is 338 g/mol. The summed E-state index contributed by atoms with van der Waals surface area (Å²) in [5.41, 5.74) is 9.65. The summed E-state index contributed by atoms with van der Waals surface area (Å²) >= 11 is 1.62. The predicted octanol–water partition coefficient (Wildman–Crippen LogP) is 4.08. The number of fused-ring (bicyclic) bond motifs is 1. The van der Waals surface area contributed by atoms with Crippen LogP contribution >= 0.6 is 11.3 Å². The van der Waals surface area contributed by atoms with E-state index in [2.05, 4.69) is 40.3 Å². The van der Waals surface area contributed by atoms with Crippen LogP contribution in [0.2, 0.25) is 0 Å². The molecule has 1 fully saturated rings. The van der Waals surface area contributed by atoms with E-state index in [0.717, 1.165) is 10.6 Å². The largest absolute Gasteiger partial charge is 0.383 e. The lowest BCUT2D eigenvalue weighted by Crippen LogP contribution is -2.29. The molecule has 0 aliphatic carbocycles. The minimum Gasteiger partial charge on any atom is -0.383 e. The molecule has 124 valence electrons. The quantitative estimate of drug-likeness (QED) is 0.558. The topological polar surface area (TPSA) is 57.4 Å². The van der Waals surface area contributed by atoms with Gasteiger partial charge in [0, 0.05) is 17.1 Å². The number of likely N-dealkylation sites (tertiary alicyclic amines) is 1. The molecule has 2 aromatic heterocycles. The number of aliphatic imine (C=N–C) groups is 1. The molecular weight excluding hydrogens is 316 g/mol.